The van der Waals surface area contributed by atoms with Crippen LogP contribution in [0.15, 0.2) is 23.2 Å². The molecular weight excluding hydrogens is 252 g/mol. The van der Waals surface area contributed by atoms with E-state index in [1.54, 1.807) is 0 Å². The number of aliphatic imine (C=N–C) groups is 1. The molecule has 1 fully saturated rings. The summed E-state index contributed by atoms with van der Waals surface area (Å²) >= 11 is 0. The number of ether oxygens (including phenoxy) is 1. The molecular formula is C13H15F2N3O. The molecule has 2 aliphatic rings. The molecule has 0 spiro atoms. The van der Waals surface area contributed by atoms with Crippen molar-refractivity contribution < 1.29 is 13.5 Å². The Hall–Kier alpha value is -1.85. The number of rotatable bonds is 2. The first kappa shape index (κ1) is 12.2. The number of hydrogen-bond acceptors (Lipinski definition) is 4. The largest absolute Gasteiger partial charge is 0.462 e. The number of halogens is 2. The van der Waals surface area contributed by atoms with Gasteiger partial charge in [-0.3, -0.25) is 0 Å². The van der Waals surface area contributed by atoms with Gasteiger partial charge in [0.1, 0.15) is 24.1 Å². The number of amidine groups is 1. The van der Waals surface area contributed by atoms with E-state index in [2.05, 4.69) is 4.99 Å². The first-order chi connectivity index (χ1) is 9.06. The van der Waals surface area contributed by atoms with E-state index in [0.717, 1.165) is 12.8 Å². The van der Waals surface area contributed by atoms with Crippen LogP contribution in [0.3, 0.4) is 0 Å². The molecule has 0 bridgehead atoms. The average molecular weight is 267 g/mol. The van der Waals surface area contributed by atoms with E-state index in [9.17, 15) is 8.78 Å². The van der Waals surface area contributed by atoms with Gasteiger partial charge in [-0.15, -0.1) is 0 Å². The van der Waals surface area contributed by atoms with Gasteiger partial charge in [-0.1, -0.05) is 0 Å². The lowest BCUT2D eigenvalue weighted by molar-refractivity contribution is -0.0433. The number of anilines is 1. The van der Waals surface area contributed by atoms with Gasteiger partial charge in [-0.2, -0.15) is 0 Å². The van der Waals surface area contributed by atoms with Crippen molar-refractivity contribution in [1.29, 1.82) is 0 Å². The molecule has 1 aliphatic carbocycles. The third-order valence-electron chi connectivity index (χ3n) is 4.07. The highest BCUT2D eigenvalue weighted by Gasteiger charge is 2.54. The van der Waals surface area contributed by atoms with E-state index >= 15 is 0 Å². The van der Waals surface area contributed by atoms with Gasteiger partial charge < -0.3 is 16.2 Å². The summed E-state index contributed by atoms with van der Waals surface area (Å²) in [4.78, 5) is 4.09. The highest BCUT2D eigenvalue weighted by atomic mass is 19.1. The summed E-state index contributed by atoms with van der Waals surface area (Å²) in [5, 5.41) is 0. The van der Waals surface area contributed by atoms with Crippen LogP contribution in [0, 0.1) is 11.7 Å². The van der Waals surface area contributed by atoms with Crippen molar-refractivity contribution in [2.75, 3.05) is 12.4 Å². The lowest BCUT2D eigenvalue weighted by Crippen LogP contribution is -2.55. The van der Waals surface area contributed by atoms with Crippen LogP contribution in [-0.2, 0) is 10.3 Å². The summed E-state index contributed by atoms with van der Waals surface area (Å²) in [7, 11) is 0. The van der Waals surface area contributed by atoms with Gasteiger partial charge in [-0.25, -0.2) is 13.8 Å². The molecule has 0 amide bonds. The van der Waals surface area contributed by atoms with E-state index in [1.807, 2.05) is 0 Å². The van der Waals surface area contributed by atoms with Crippen LogP contribution < -0.4 is 11.5 Å². The molecule has 6 heteroatoms. The van der Waals surface area contributed by atoms with Crippen LogP contribution in [0.2, 0.25) is 0 Å². The second-order valence-electron chi connectivity index (χ2n) is 5.09. The summed E-state index contributed by atoms with van der Waals surface area (Å²) < 4.78 is 33.1. The second kappa shape index (κ2) is 4.08. The molecule has 1 aromatic carbocycles. The number of hydrogen-bond donors (Lipinski definition) is 2. The van der Waals surface area contributed by atoms with Crippen molar-refractivity contribution in [2.24, 2.45) is 16.6 Å². The highest BCUT2D eigenvalue weighted by Crippen LogP contribution is 2.50. The fraction of sp³-hybridized carbons (Fsp3) is 0.462. The summed E-state index contributed by atoms with van der Waals surface area (Å²) in [6.07, 6.45) is 1.33. The van der Waals surface area contributed by atoms with Gasteiger partial charge in [0.25, 0.3) is 6.02 Å². The van der Waals surface area contributed by atoms with Gasteiger partial charge in [0.15, 0.2) is 0 Å². The molecule has 102 valence electrons. The van der Waals surface area contributed by atoms with Crippen molar-refractivity contribution in [3.63, 3.8) is 0 Å². The van der Waals surface area contributed by atoms with Crippen molar-refractivity contribution in [3.8, 4) is 0 Å². The Bertz CT molecular complexity index is 549. The minimum atomic E-state index is -1.30. The van der Waals surface area contributed by atoms with Crippen molar-refractivity contribution in [2.45, 2.75) is 24.5 Å². The fourth-order valence-corrected chi connectivity index (χ4v) is 2.95. The van der Waals surface area contributed by atoms with Gasteiger partial charge in [0, 0.05) is 17.2 Å². The summed E-state index contributed by atoms with van der Waals surface area (Å²) in [6, 6.07) is 4.03. The number of fused-ring (bicyclic) bond motifs is 1. The zero-order valence-corrected chi connectivity index (χ0v) is 10.3. The standard InChI is InChI=1S/C13H15F2N3O/c14-6-13(9-5-7(16)1-3-10(9)15)8-2-4-11(8)19-12(17)18-13/h1,3,5,8,11H,2,4,6,16H2,(H2,17,18). The molecule has 19 heavy (non-hydrogen) atoms. The molecule has 3 atom stereocenters. The second-order valence-corrected chi connectivity index (χ2v) is 5.09. The third-order valence-corrected chi connectivity index (χ3v) is 4.07. The highest BCUT2D eigenvalue weighted by molar-refractivity contribution is 5.73. The predicted octanol–water partition coefficient (Wildman–Crippen LogP) is 1.70. The Morgan fingerprint density at radius 2 is 2.16 bits per heavy atom. The summed E-state index contributed by atoms with van der Waals surface area (Å²) in [6.45, 7) is -0.821. The Morgan fingerprint density at radius 1 is 1.37 bits per heavy atom. The minimum Gasteiger partial charge on any atom is -0.462 e. The maximum absolute atomic E-state index is 14.1. The van der Waals surface area contributed by atoms with Gasteiger partial charge in [-0.05, 0) is 31.0 Å². The van der Waals surface area contributed by atoms with Crippen molar-refractivity contribution in [3.05, 3.63) is 29.6 Å². The lowest BCUT2D eigenvalue weighted by atomic mass is 9.65. The molecule has 3 rings (SSSR count). The SMILES string of the molecule is NC1=NC(CF)(c2cc(N)ccc2F)C2CCC2O1. The molecule has 0 radical (unpaired) electrons. The summed E-state index contributed by atoms with van der Waals surface area (Å²) in [5.41, 5.74) is 10.5. The monoisotopic (exact) mass is 267 g/mol. The molecule has 4 N–H and O–H groups in total. The van der Waals surface area contributed by atoms with E-state index in [0.29, 0.717) is 5.69 Å². The number of nitrogen functional groups attached to an aromatic ring is 1. The molecule has 3 unspecified atom stereocenters. The zero-order valence-electron chi connectivity index (χ0n) is 10.3. The maximum Gasteiger partial charge on any atom is 0.283 e. The Balaban J connectivity index is 2.17. The topological polar surface area (TPSA) is 73.6 Å². The molecule has 4 nitrogen and oxygen atoms in total. The van der Waals surface area contributed by atoms with Gasteiger partial charge >= 0.3 is 0 Å². The molecule has 0 aromatic heterocycles. The first-order valence-electron chi connectivity index (χ1n) is 6.20. The predicted molar refractivity (Wildman–Crippen MR) is 67.7 cm³/mol. The average Bonchev–Trinajstić information content (AvgIpc) is 2.35. The van der Waals surface area contributed by atoms with Crippen LogP contribution >= 0.6 is 0 Å². The van der Waals surface area contributed by atoms with Crippen LogP contribution in [0.4, 0.5) is 14.5 Å². The van der Waals surface area contributed by atoms with E-state index in [4.69, 9.17) is 16.2 Å². The van der Waals surface area contributed by atoms with E-state index in [-0.39, 0.29) is 23.6 Å². The van der Waals surface area contributed by atoms with Crippen LogP contribution in [0.25, 0.3) is 0 Å². The fourth-order valence-electron chi connectivity index (χ4n) is 2.95. The van der Waals surface area contributed by atoms with E-state index < -0.39 is 18.0 Å². The maximum atomic E-state index is 14.1. The normalized spacial score (nSPS) is 32.8. The Labute approximate surface area is 109 Å². The van der Waals surface area contributed by atoms with Crippen molar-refractivity contribution >= 4 is 11.7 Å². The van der Waals surface area contributed by atoms with Gasteiger partial charge in [0.05, 0.1) is 0 Å². The minimum absolute atomic E-state index is 0.0829. The smallest absolute Gasteiger partial charge is 0.283 e. The van der Waals surface area contributed by atoms with Crippen LogP contribution in [0.1, 0.15) is 18.4 Å². The molecule has 1 heterocycles. The van der Waals surface area contributed by atoms with Crippen molar-refractivity contribution in [1.82, 2.24) is 0 Å². The van der Waals surface area contributed by atoms with Gasteiger partial charge in [0.2, 0.25) is 0 Å². The molecule has 1 aromatic rings. The van der Waals surface area contributed by atoms with Crippen LogP contribution in [0.5, 0.6) is 0 Å². The molecule has 1 aliphatic heterocycles. The first-order valence-corrected chi connectivity index (χ1v) is 6.20. The lowest BCUT2D eigenvalue weighted by Gasteiger charge is -2.49. The Morgan fingerprint density at radius 3 is 2.79 bits per heavy atom. The molecule has 0 saturated heterocycles. The molecule has 1 saturated carbocycles. The van der Waals surface area contributed by atoms with E-state index in [1.165, 1.54) is 18.2 Å². The zero-order chi connectivity index (χ0) is 13.6. The van der Waals surface area contributed by atoms with Crippen LogP contribution in [-0.4, -0.2) is 18.8 Å². The summed E-state index contributed by atoms with van der Waals surface area (Å²) in [5.74, 6) is -0.711. The number of nitrogens with zero attached hydrogens (tertiary/aromatic N) is 1. The number of benzene rings is 1. The number of alkyl halides is 1. The third kappa shape index (κ3) is 1.66. The Kier molecular flexibility index (Phi) is 2.62. The quantitative estimate of drug-likeness (QED) is 0.801. The number of nitrogens with two attached hydrogens (primary N) is 2.